The molecule has 0 amide bonds. The van der Waals surface area contributed by atoms with Gasteiger partial charge in [0, 0.05) is 0 Å². The molecule has 2 N–H and O–H groups in total. The number of hydrogen-bond acceptors (Lipinski definition) is 2. The molecule has 1 unspecified atom stereocenters. The Morgan fingerprint density at radius 2 is 2.22 bits per heavy atom. The predicted octanol–water partition coefficient (Wildman–Crippen LogP) is -0.580. The summed E-state index contributed by atoms with van der Waals surface area (Å²) in [6.07, 6.45) is 0.631. The van der Waals surface area contributed by atoms with Crippen LogP contribution in [0.15, 0.2) is 0 Å². The second kappa shape index (κ2) is 6.15. The van der Waals surface area contributed by atoms with E-state index < -0.39 is 5.97 Å². The molecular formula is C5H12LiNO2. The summed E-state index contributed by atoms with van der Waals surface area (Å²) in [5.74, 6) is -0.782. The first-order chi connectivity index (χ1) is 3.72. The summed E-state index contributed by atoms with van der Waals surface area (Å²) >= 11 is 0. The molecule has 0 radical (unpaired) electrons. The van der Waals surface area contributed by atoms with Crippen LogP contribution in [0.2, 0.25) is 0 Å². The molecule has 0 heterocycles. The van der Waals surface area contributed by atoms with E-state index in [0.717, 1.165) is 0 Å². The van der Waals surface area contributed by atoms with Crippen LogP contribution in [0.4, 0.5) is 0 Å². The second-order valence-corrected chi connectivity index (χ2v) is 1.59. The maximum absolute atomic E-state index is 10.1. The van der Waals surface area contributed by atoms with E-state index in [9.17, 15) is 4.79 Å². The van der Waals surface area contributed by atoms with Crippen molar-refractivity contribution in [1.29, 1.82) is 0 Å². The zero-order valence-electron chi connectivity index (χ0n) is 5.14. The molecule has 9 heavy (non-hydrogen) atoms. The molecule has 0 aliphatic heterocycles. The fourth-order valence-electron chi connectivity index (χ4n) is 0.502. The Morgan fingerprint density at radius 3 is 2.22 bits per heavy atom. The molecule has 0 aromatic rings. The van der Waals surface area contributed by atoms with Gasteiger partial charge >= 0.3 is 24.8 Å². The third-order valence-electron chi connectivity index (χ3n) is 1.05. The summed E-state index contributed by atoms with van der Waals surface area (Å²) in [5, 5.41) is 11.0. The fourth-order valence-corrected chi connectivity index (χ4v) is 0.502. The maximum atomic E-state index is 10.1. The van der Waals surface area contributed by atoms with Crippen molar-refractivity contribution < 1.29 is 9.90 Å². The number of carboxylic acids is 1. The molecule has 0 saturated heterocycles. The topological polar surface area (TPSA) is 49.3 Å². The third-order valence-corrected chi connectivity index (χ3v) is 1.05. The van der Waals surface area contributed by atoms with E-state index in [2.05, 4.69) is 5.32 Å². The van der Waals surface area contributed by atoms with Crippen molar-refractivity contribution >= 4 is 24.8 Å². The Balaban J connectivity index is 0. The molecular weight excluding hydrogens is 113 g/mol. The van der Waals surface area contributed by atoms with Crippen LogP contribution in [0.3, 0.4) is 0 Å². The van der Waals surface area contributed by atoms with Crippen LogP contribution in [0, 0.1) is 0 Å². The van der Waals surface area contributed by atoms with Crippen LogP contribution in [0.25, 0.3) is 0 Å². The van der Waals surface area contributed by atoms with Gasteiger partial charge in [-0.25, -0.2) is 0 Å². The molecule has 0 spiro atoms. The van der Waals surface area contributed by atoms with Gasteiger partial charge in [-0.05, 0) is 13.5 Å². The van der Waals surface area contributed by atoms with Crippen molar-refractivity contribution in [2.45, 2.75) is 19.4 Å². The van der Waals surface area contributed by atoms with Crippen LogP contribution in [0.1, 0.15) is 13.3 Å². The molecule has 0 aliphatic rings. The number of carboxylic acid groups (broad SMARTS) is 1. The molecule has 0 bridgehead atoms. The molecule has 0 aromatic heterocycles. The Morgan fingerprint density at radius 1 is 1.78 bits per heavy atom. The van der Waals surface area contributed by atoms with E-state index in [0.29, 0.717) is 6.42 Å². The van der Waals surface area contributed by atoms with Crippen LogP contribution in [0.5, 0.6) is 0 Å². The monoisotopic (exact) mass is 125 g/mol. The number of hydrogen-bond donors (Lipinski definition) is 2. The van der Waals surface area contributed by atoms with Gasteiger partial charge < -0.3 is 10.4 Å². The average molecular weight is 125 g/mol. The van der Waals surface area contributed by atoms with Gasteiger partial charge in [0.05, 0.1) is 0 Å². The van der Waals surface area contributed by atoms with Gasteiger partial charge in [0.25, 0.3) is 0 Å². The molecule has 1 atom stereocenters. The van der Waals surface area contributed by atoms with Crippen LogP contribution >= 0.6 is 0 Å². The quantitative estimate of drug-likeness (QED) is 0.496. The summed E-state index contributed by atoms with van der Waals surface area (Å²) < 4.78 is 0. The third kappa shape index (κ3) is 4.53. The number of aliphatic carboxylic acids is 1. The van der Waals surface area contributed by atoms with Crippen molar-refractivity contribution in [2.75, 3.05) is 7.05 Å². The van der Waals surface area contributed by atoms with Crippen molar-refractivity contribution in [3.8, 4) is 0 Å². The van der Waals surface area contributed by atoms with Gasteiger partial charge in [-0.1, -0.05) is 6.92 Å². The van der Waals surface area contributed by atoms with Crippen LogP contribution < -0.4 is 5.32 Å². The van der Waals surface area contributed by atoms with Gasteiger partial charge in [0.15, 0.2) is 0 Å². The minimum absolute atomic E-state index is 0. The molecule has 4 heteroatoms. The summed E-state index contributed by atoms with van der Waals surface area (Å²) in [5.41, 5.74) is 0. The predicted molar refractivity (Wildman–Crippen MR) is 37.9 cm³/mol. The number of likely N-dealkylation sites (N-methyl/N-ethyl adjacent to an activating group) is 1. The molecule has 0 rings (SSSR count). The first-order valence-electron chi connectivity index (χ1n) is 2.62. The number of rotatable bonds is 3. The standard InChI is InChI=1S/C5H11NO2.Li.H/c1-3-4(6-2)5(7)8;;/h4,6H,3H2,1-2H3,(H,7,8);;. The van der Waals surface area contributed by atoms with Gasteiger partial charge in [-0.3, -0.25) is 4.79 Å². The Hall–Kier alpha value is 0.0274. The molecule has 0 fully saturated rings. The first kappa shape index (κ1) is 11.8. The molecule has 0 aromatic carbocycles. The molecule has 50 valence electrons. The SMILES string of the molecule is CCC(NC)C(=O)O.[LiH]. The van der Waals surface area contributed by atoms with Crippen molar-refractivity contribution in [3.63, 3.8) is 0 Å². The Kier molecular flexibility index (Phi) is 8.05. The van der Waals surface area contributed by atoms with E-state index >= 15 is 0 Å². The van der Waals surface area contributed by atoms with Crippen molar-refractivity contribution in [3.05, 3.63) is 0 Å². The zero-order chi connectivity index (χ0) is 6.57. The van der Waals surface area contributed by atoms with Crippen LogP contribution in [-0.2, 0) is 4.79 Å². The van der Waals surface area contributed by atoms with E-state index in [1.807, 2.05) is 6.92 Å². The summed E-state index contributed by atoms with van der Waals surface area (Å²) in [4.78, 5) is 10.1. The van der Waals surface area contributed by atoms with E-state index in [4.69, 9.17) is 5.11 Å². The van der Waals surface area contributed by atoms with Crippen LogP contribution in [-0.4, -0.2) is 43.0 Å². The minimum atomic E-state index is -0.782. The van der Waals surface area contributed by atoms with E-state index in [1.165, 1.54) is 0 Å². The van der Waals surface area contributed by atoms with Gasteiger partial charge in [0.2, 0.25) is 0 Å². The van der Waals surface area contributed by atoms with E-state index in [1.54, 1.807) is 7.05 Å². The fraction of sp³-hybridized carbons (Fsp3) is 0.800. The molecule has 0 aliphatic carbocycles. The zero-order valence-corrected chi connectivity index (χ0v) is 5.14. The Labute approximate surface area is 67.0 Å². The number of nitrogens with one attached hydrogen (secondary N) is 1. The summed E-state index contributed by atoms with van der Waals surface area (Å²) in [6.45, 7) is 1.83. The van der Waals surface area contributed by atoms with E-state index in [-0.39, 0.29) is 24.9 Å². The molecule has 0 saturated carbocycles. The normalized spacial score (nSPS) is 11.8. The second-order valence-electron chi connectivity index (χ2n) is 1.59. The summed E-state index contributed by atoms with van der Waals surface area (Å²) in [7, 11) is 1.64. The molecule has 3 nitrogen and oxygen atoms in total. The summed E-state index contributed by atoms with van der Waals surface area (Å²) in [6, 6.07) is -0.380. The van der Waals surface area contributed by atoms with Gasteiger partial charge in [-0.15, -0.1) is 0 Å². The average Bonchev–Trinajstić information content (AvgIpc) is 1.69. The van der Waals surface area contributed by atoms with Gasteiger partial charge in [-0.2, -0.15) is 0 Å². The van der Waals surface area contributed by atoms with Crippen molar-refractivity contribution in [1.82, 2.24) is 5.32 Å². The first-order valence-corrected chi connectivity index (χ1v) is 2.62. The van der Waals surface area contributed by atoms with Gasteiger partial charge in [0.1, 0.15) is 6.04 Å². The van der Waals surface area contributed by atoms with Crippen molar-refractivity contribution in [2.24, 2.45) is 0 Å². The number of carbonyl (C=O) groups is 1. The Bertz CT molecular complexity index is 83.0.